The number of aromatic nitrogens is 1. The Balaban J connectivity index is 1.64. The molecule has 0 saturated carbocycles. The van der Waals surface area contributed by atoms with Crippen molar-refractivity contribution in [1.82, 2.24) is 9.88 Å². The van der Waals surface area contributed by atoms with E-state index in [4.69, 9.17) is 4.74 Å². The minimum atomic E-state index is 0.0179. The molecule has 5 aliphatic heterocycles. The predicted octanol–water partition coefficient (Wildman–Crippen LogP) is 3.25. The second kappa shape index (κ2) is 4.68. The molecule has 0 amide bonds. The van der Waals surface area contributed by atoms with Crippen molar-refractivity contribution in [2.45, 2.75) is 43.9 Å². The number of aromatic hydroxyl groups is 1. The van der Waals surface area contributed by atoms with Gasteiger partial charge in [0, 0.05) is 24.2 Å². The molecule has 2 aromatic rings. The van der Waals surface area contributed by atoms with E-state index in [-0.39, 0.29) is 11.7 Å². The van der Waals surface area contributed by atoms with Crippen molar-refractivity contribution in [1.29, 1.82) is 0 Å². The fourth-order valence-corrected chi connectivity index (χ4v) is 5.13. The summed E-state index contributed by atoms with van der Waals surface area (Å²) in [6.45, 7) is 4.55. The maximum atomic E-state index is 9.91. The first-order valence-corrected chi connectivity index (χ1v) is 8.70. The molecule has 1 aromatic heterocycles. The lowest BCUT2D eigenvalue weighted by atomic mass is 9.66. The number of hydrogen-bond acceptors (Lipinski definition) is 4. The summed E-state index contributed by atoms with van der Waals surface area (Å²) in [7, 11) is 0. The normalized spacial score (nSPS) is 38.3. The van der Waals surface area contributed by atoms with E-state index in [1.165, 1.54) is 24.9 Å². The lowest BCUT2D eigenvalue weighted by Gasteiger charge is -2.64. The highest BCUT2D eigenvalue weighted by Gasteiger charge is 2.58. The van der Waals surface area contributed by atoms with E-state index >= 15 is 0 Å². The van der Waals surface area contributed by atoms with Gasteiger partial charge in [0.2, 0.25) is 0 Å². The van der Waals surface area contributed by atoms with E-state index in [9.17, 15) is 5.11 Å². The Kier molecular flexibility index (Phi) is 2.80. The third kappa shape index (κ3) is 1.82. The number of pyridine rings is 1. The van der Waals surface area contributed by atoms with Gasteiger partial charge in [-0.1, -0.05) is 6.92 Å². The molecular weight excluding hydrogens is 288 g/mol. The zero-order chi connectivity index (χ0) is 15.6. The number of rotatable bonds is 2. The van der Waals surface area contributed by atoms with Crippen LogP contribution in [0, 0.1) is 5.92 Å². The van der Waals surface area contributed by atoms with Gasteiger partial charge in [-0.25, -0.2) is 0 Å². The average Bonchev–Trinajstić information content (AvgIpc) is 2.61. The minimum Gasteiger partial charge on any atom is -0.508 e. The van der Waals surface area contributed by atoms with E-state index < -0.39 is 0 Å². The third-order valence-corrected chi connectivity index (χ3v) is 6.35. The van der Waals surface area contributed by atoms with Crippen LogP contribution in [0.2, 0.25) is 0 Å². The number of nitrogens with zero attached hydrogens (tertiary/aromatic N) is 2. The topological polar surface area (TPSA) is 45.6 Å². The van der Waals surface area contributed by atoms with Crippen LogP contribution in [0.3, 0.4) is 0 Å². The SMILES string of the molecule is CC[C@]12CN3CC[C@H]1C[C@H]3[C@H](c1ccnc3ccc(O)cc13)O2. The number of phenols is 1. The fraction of sp³-hybridized carbons (Fsp3) is 0.526. The monoisotopic (exact) mass is 310 g/mol. The summed E-state index contributed by atoms with van der Waals surface area (Å²) in [6.07, 6.45) is 5.54. The van der Waals surface area contributed by atoms with Crippen LogP contribution in [-0.2, 0) is 4.74 Å². The number of hydrogen-bond donors (Lipinski definition) is 1. The number of morpholine rings is 1. The van der Waals surface area contributed by atoms with Crippen molar-refractivity contribution in [3.05, 3.63) is 36.0 Å². The van der Waals surface area contributed by atoms with Crippen LogP contribution in [-0.4, -0.2) is 39.7 Å². The molecule has 6 heterocycles. The summed E-state index contributed by atoms with van der Waals surface area (Å²) < 4.78 is 6.74. The molecular formula is C19H22N2O2. The van der Waals surface area contributed by atoms with Gasteiger partial charge in [0.15, 0.2) is 0 Å². The quantitative estimate of drug-likeness (QED) is 0.925. The molecule has 5 fully saturated rings. The van der Waals surface area contributed by atoms with Gasteiger partial charge in [0.05, 0.1) is 17.2 Å². The van der Waals surface area contributed by atoms with Crippen LogP contribution in [0.15, 0.2) is 30.5 Å². The summed E-state index contributed by atoms with van der Waals surface area (Å²) in [5.41, 5.74) is 2.12. The molecule has 5 aliphatic rings. The molecule has 1 aromatic carbocycles. The van der Waals surface area contributed by atoms with E-state index in [2.05, 4.69) is 22.9 Å². The number of fused-ring (bicyclic) bond motifs is 3. The van der Waals surface area contributed by atoms with E-state index in [1.54, 1.807) is 6.07 Å². The van der Waals surface area contributed by atoms with Gasteiger partial charge in [-0.2, -0.15) is 0 Å². The van der Waals surface area contributed by atoms with Gasteiger partial charge in [-0.15, -0.1) is 0 Å². The highest BCUT2D eigenvalue weighted by Crippen LogP contribution is 2.54. The van der Waals surface area contributed by atoms with E-state index in [0.29, 0.717) is 17.7 Å². The molecule has 0 radical (unpaired) electrons. The highest BCUT2D eigenvalue weighted by molar-refractivity contribution is 5.83. The molecule has 4 bridgehead atoms. The molecule has 7 rings (SSSR count). The largest absolute Gasteiger partial charge is 0.508 e. The smallest absolute Gasteiger partial charge is 0.116 e. The Morgan fingerprint density at radius 1 is 1.39 bits per heavy atom. The molecule has 0 aliphatic carbocycles. The predicted molar refractivity (Wildman–Crippen MR) is 88.3 cm³/mol. The lowest BCUT2D eigenvalue weighted by molar-refractivity contribution is -0.274. The third-order valence-electron chi connectivity index (χ3n) is 6.35. The standard InChI is InChI=1S/C19H22N2O2/c1-2-19-11-21-8-6-12(19)9-17(21)18(23-19)14-5-7-20-16-4-3-13(22)10-15(14)16/h3-5,7,10,12,17-18,22H,2,6,8-9,11H2,1H3/t12-,17-,18-,19-/m0/s1. The summed E-state index contributed by atoms with van der Waals surface area (Å²) in [6, 6.07) is 7.96. The highest BCUT2D eigenvalue weighted by atomic mass is 16.5. The van der Waals surface area contributed by atoms with Gasteiger partial charge >= 0.3 is 0 Å². The zero-order valence-corrected chi connectivity index (χ0v) is 13.4. The molecule has 1 N–H and O–H groups in total. The molecule has 0 spiro atoms. The summed E-state index contributed by atoms with van der Waals surface area (Å²) in [5.74, 6) is 1.00. The first-order chi connectivity index (χ1) is 11.2. The molecule has 4 nitrogen and oxygen atoms in total. The molecule has 5 saturated heterocycles. The lowest BCUT2D eigenvalue weighted by Crippen LogP contribution is -2.70. The van der Waals surface area contributed by atoms with Crippen molar-refractivity contribution >= 4 is 10.9 Å². The van der Waals surface area contributed by atoms with Crippen molar-refractivity contribution in [2.24, 2.45) is 5.92 Å². The van der Waals surface area contributed by atoms with Crippen molar-refractivity contribution in [3.63, 3.8) is 0 Å². The second-order valence-corrected chi connectivity index (χ2v) is 7.32. The summed E-state index contributed by atoms with van der Waals surface area (Å²) in [5, 5.41) is 10.9. The number of ether oxygens (including phenoxy) is 1. The van der Waals surface area contributed by atoms with Gasteiger partial charge in [0.25, 0.3) is 0 Å². The van der Waals surface area contributed by atoms with Gasteiger partial charge in [0.1, 0.15) is 5.75 Å². The van der Waals surface area contributed by atoms with Crippen LogP contribution < -0.4 is 0 Å². The Labute approximate surface area is 136 Å². The fourth-order valence-electron chi connectivity index (χ4n) is 5.13. The van der Waals surface area contributed by atoms with Crippen molar-refractivity contribution < 1.29 is 9.84 Å². The maximum absolute atomic E-state index is 9.91. The van der Waals surface area contributed by atoms with Gasteiger partial charge in [-0.05, 0) is 61.6 Å². The minimum absolute atomic E-state index is 0.0179. The molecule has 4 heteroatoms. The Morgan fingerprint density at radius 3 is 3.09 bits per heavy atom. The maximum Gasteiger partial charge on any atom is 0.116 e. The summed E-state index contributed by atoms with van der Waals surface area (Å²) >= 11 is 0. The van der Waals surface area contributed by atoms with Crippen LogP contribution in [0.4, 0.5) is 0 Å². The van der Waals surface area contributed by atoms with Crippen LogP contribution in [0.1, 0.15) is 37.9 Å². The number of phenolic OH excluding ortho intramolecular Hbond substituents is 1. The molecule has 120 valence electrons. The number of benzene rings is 1. The molecule has 23 heavy (non-hydrogen) atoms. The van der Waals surface area contributed by atoms with E-state index in [0.717, 1.165) is 23.9 Å². The van der Waals surface area contributed by atoms with Gasteiger partial charge < -0.3 is 9.84 Å². The van der Waals surface area contributed by atoms with Crippen molar-refractivity contribution in [3.8, 4) is 5.75 Å². The first-order valence-electron chi connectivity index (χ1n) is 8.70. The first kappa shape index (κ1) is 13.8. The second-order valence-electron chi connectivity index (χ2n) is 7.32. The van der Waals surface area contributed by atoms with E-state index in [1.807, 2.05) is 18.3 Å². The zero-order valence-electron chi connectivity index (χ0n) is 13.4. The summed E-state index contributed by atoms with van der Waals surface area (Å²) in [4.78, 5) is 7.08. The van der Waals surface area contributed by atoms with Crippen LogP contribution in [0.5, 0.6) is 5.75 Å². The Morgan fingerprint density at radius 2 is 2.30 bits per heavy atom. The number of piperidine rings is 3. The molecule has 1 unspecified atom stereocenters. The average molecular weight is 310 g/mol. The Hall–Kier alpha value is -1.65. The van der Waals surface area contributed by atoms with Crippen LogP contribution >= 0.6 is 0 Å². The van der Waals surface area contributed by atoms with Crippen molar-refractivity contribution in [2.75, 3.05) is 13.1 Å². The van der Waals surface area contributed by atoms with Crippen LogP contribution in [0.25, 0.3) is 10.9 Å². The Bertz CT molecular complexity index is 777. The molecule has 5 atom stereocenters. The van der Waals surface area contributed by atoms with Gasteiger partial charge in [-0.3, -0.25) is 9.88 Å².